The van der Waals surface area contributed by atoms with Crippen molar-refractivity contribution in [1.29, 1.82) is 0 Å². The Bertz CT molecular complexity index is 296. The molecule has 3 fully saturated rings. The van der Waals surface area contributed by atoms with Gasteiger partial charge in [-0.1, -0.05) is 0 Å². The lowest BCUT2D eigenvalue weighted by molar-refractivity contribution is -0.114. The zero-order valence-electron chi connectivity index (χ0n) is 8.65. The first-order chi connectivity index (χ1) is 7.31. The molecular weight excluding hydrogens is 192 g/mol. The van der Waals surface area contributed by atoms with Crippen LogP contribution in [0.4, 0.5) is 0 Å². The highest BCUT2D eigenvalue weighted by Gasteiger charge is 2.35. The molecule has 1 unspecified atom stereocenters. The van der Waals surface area contributed by atoms with Gasteiger partial charge in [0.1, 0.15) is 0 Å². The first-order valence-corrected chi connectivity index (χ1v) is 5.63. The number of aliphatic imine (C=N–C) groups is 1. The van der Waals surface area contributed by atoms with Crippen molar-refractivity contribution in [3.8, 4) is 0 Å². The van der Waals surface area contributed by atoms with Crippen LogP contribution in [0.5, 0.6) is 0 Å². The van der Waals surface area contributed by atoms with Crippen molar-refractivity contribution in [2.24, 2.45) is 10.9 Å². The molecule has 15 heavy (non-hydrogen) atoms. The maximum absolute atomic E-state index is 10.9. The van der Waals surface area contributed by atoms with Gasteiger partial charge < -0.3 is 10.2 Å². The van der Waals surface area contributed by atoms with Gasteiger partial charge in [0.15, 0.2) is 6.29 Å². The molecule has 2 atom stereocenters. The monoisotopic (exact) mass is 208 g/mol. The van der Waals surface area contributed by atoms with Gasteiger partial charge in [-0.3, -0.25) is 10.1 Å². The Hall–Kier alpha value is -0.940. The molecule has 0 aromatic carbocycles. The summed E-state index contributed by atoms with van der Waals surface area (Å²) in [5.74, 6) is 0.677. The van der Waals surface area contributed by atoms with E-state index in [2.05, 4.69) is 20.5 Å². The number of amides is 1. The zero-order valence-corrected chi connectivity index (χ0v) is 8.65. The second kappa shape index (κ2) is 3.57. The van der Waals surface area contributed by atoms with Crippen LogP contribution in [0, 0.1) is 5.92 Å². The van der Waals surface area contributed by atoms with Gasteiger partial charge in [-0.2, -0.15) is 0 Å². The van der Waals surface area contributed by atoms with Gasteiger partial charge in [0, 0.05) is 12.6 Å². The van der Waals surface area contributed by atoms with Crippen molar-refractivity contribution in [2.45, 2.75) is 25.2 Å². The highest BCUT2D eigenvalue weighted by molar-refractivity contribution is 6.27. The fraction of sp³-hybridized carbons (Fsp3) is 0.800. The molecule has 0 radical (unpaired) electrons. The molecule has 2 N–H and O–H groups in total. The maximum atomic E-state index is 10.9. The van der Waals surface area contributed by atoms with Crippen molar-refractivity contribution >= 4 is 12.1 Å². The Labute approximate surface area is 88.9 Å². The van der Waals surface area contributed by atoms with Crippen LogP contribution in [0.2, 0.25) is 0 Å². The van der Waals surface area contributed by atoms with Gasteiger partial charge >= 0.3 is 0 Å². The molecule has 1 amide bonds. The van der Waals surface area contributed by atoms with Crippen molar-refractivity contribution in [3.63, 3.8) is 0 Å². The first kappa shape index (κ1) is 9.30. The van der Waals surface area contributed by atoms with Gasteiger partial charge in [-0.25, -0.2) is 4.99 Å². The average molecular weight is 208 g/mol. The molecular formula is C10H16N4O. The summed E-state index contributed by atoms with van der Waals surface area (Å²) < 4.78 is 0. The predicted molar refractivity (Wildman–Crippen MR) is 56.5 cm³/mol. The van der Waals surface area contributed by atoms with Crippen LogP contribution in [0.3, 0.4) is 0 Å². The van der Waals surface area contributed by atoms with E-state index in [0.717, 1.165) is 12.5 Å². The van der Waals surface area contributed by atoms with E-state index in [4.69, 9.17) is 0 Å². The zero-order chi connectivity index (χ0) is 10.3. The number of nitrogens with one attached hydrogen (secondary N) is 2. The third-order valence-electron chi connectivity index (χ3n) is 3.65. The van der Waals surface area contributed by atoms with E-state index in [1.54, 1.807) is 0 Å². The van der Waals surface area contributed by atoms with Gasteiger partial charge in [0.05, 0.1) is 6.21 Å². The van der Waals surface area contributed by atoms with Crippen LogP contribution < -0.4 is 10.6 Å². The van der Waals surface area contributed by atoms with E-state index in [0.29, 0.717) is 6.04 Å². The molecule has 4 rings (SSSR count). The minimum absolute atomic E-state index is 0.0891. The van der Waals surface area contributed by atoms with Crippen LogP contribution in [0.15, 0.2) is 4.99 Å². The maximum Gasteiger partial charge on any atom is 0.264 e. The number of carbonyl (C=O) groups excluding carboxylic acids is 1. The Morgan fingerprint density at radius 3 is 2.80 bits per heavy atom. The van der Waals surface area contributed by atoms with Crippen LogP contribution >= 0.6 is 0 Å². The molecule has 5 heteroatoms. The molecule has 0 spiro atoms. The molecule has 2 bridgehead atoms. The van der Waals surface area contributed by atoms with Crippen molar-refractivity contribution in [1.82, 2.24) is 15.5 Å². The normalized spacial score (nSPS) is 43.3. The standard InChI is InChI=1S/C10H16N4O/c15-9-5-11-10(13-9)12-8-6-14-3-1-7(8)2-4-14/h5,7-8,10,12H,1-4,6H2,(H,13,15)/t8-,10?/m0/s1. The number of hydrogen-bond donors (Lipinski definition) is 2. The summed E-state index contributed by atoms with van der Waals surface area (Å²) in [6, 6.07) is 0.494. The van der Waals surface area contributed by atoms with Gasteiger partial charge in [-0.05, 0) is 31.8 Å². The van der Waals surface area contributed by atoms with Crippen LogP contribution in [-0.4, -0.2) is 49.0 Å². The van der Waals surface area contributed by atoms with Gasteiger partial charge in [0.25, 0.3) is 5.91 Å². The molecule has 0 aliphatic carbocycles. The molecule has 5 nitrogen and oxygen atoms in total. The van der Waals surface area contributed by atoms with Crippen LogP contribution in [0.1, 0.15) is 12.8 Å². The lowest BCUT2D eigenvalue weighted by atomic mass is 9.84. The summed E-state index contributed by atoms with van der Waals surface area (Å²) in [5.41, 5.74) is 0. The van der Waals surface area contributed by atoms with Crippen LogP contribution in [-0.2, 0) is 4.79 Å². The highest BCUT2D eigenvalue weighted by atomic mass is 16.2. The van der Waals surface area contributed by atoms with Crippen molar-refractivity contribution in [2.75, 3.05) is 19.6 Å². The van der Waals surface area contributed by atoms with Gasteiger partial charge in [0.2, 0.25) is 0 Å². The summed E-state index contributed by atoms with van der Waals surface area (Å²) >= 11 is 0. The number of rotatable bonds is 2. The number of fused-ring (bicyclic) bond motifs is 3. The molecule has 4 heterocycles. The summed E-state index contributed by atoms with van der Waals surface area (Å²) in [5, 5.41) is 6.18. The minimum atomic E-state index is -0.192. The van der Waals surface area contributed by atoms with E-state index >= 15 is 0 Å². The molecule has 3 saturated heterocycles. The number of carbonyl (C=O) groups is 1. The summed E-state index contributed by atoms with van der Waals surface area (Å²) in [6.45, 7) is 3.58. The minimum Gasteiger partial charge on any atom is -0.317 e. The van der Waals surface area contributed by atoms with E-state index in [9.17, 15) is 4.79 Å². The number of nitrogens with zero attached hydrogens (tertiary/aromatic N) is 2. The molecule has 82 valence electrons. The van der Waals surface area contributed by atoms with Crippen LogP contribution in [0.25, 0.3) is 0 Å². The highest BCUT2D eigenvalue weighted by Crippen LogP contribution is 2.27. The lowest BCUT2D eigenvalue weighted by Crippen LogP contribution is -2.59. The largest absolute Gasteiger partial charge is 0.317 e. The summed E-state index contributed by atoms with van der Waals surface area (Å²) in [6.07, 6.45) is 3.73. The predicted octanol–water partition coefficient (Wildman–Crippen LogP) is -0.846. The lowest BCUT2D eigenvalue weighted by Gasteiger charge is -2.45. The molecule has 4 aliphatic rings. The fourth-order valence-corrected chi connectivity index (χ4v) is 2.79. The Balaban J connectivity index is 1.59. The van der Waals surface area contributed by atoms with Crippen molar-refractivity contribution in [3.05, 3.63) is 0 Å². The van der Waals surface area contributed by atoms with Gasteiger partial charge in [-0.15, -0.1) is 0 Å². The van der Waals surface area contributed by atoms with E-state index in [1.165, 1.54) is 32.1 Å². The second-order valence-corrected chi connectivity index (χ2v) is 4.60. The Morgan fingerprint density at radius 1 is 1.47 bits per heavy atom. The second-order valence-electron chi connectivity index (χ2n) is 4.60. The Morgan fingerprint density at radius 2 is 2.27 bits per heavy atom. The van der Waals surface area contributed by atoms with Crippen molar-refractivity contribution < 1.29 is 4.79 Å². The van der Waals surface area contributed by atoms with E-state index in [1.807, 2.05) is 0 Å². The average Bonchev–Trinajstić information content (AvgIpc) is 2.66. The summed E-state index contributed by atoms with van der Waals surface area (Å²) in [7, 11) is 0. The quantitative estimate of drug-likeness (QED) is 0.622. The smallest absolute Gasteiger partial charge is 0.264 e. The van der Waals surface area contributed by atoms with E-state index in [-0.39, 0.29) is 12.2 Å². The molecule has 4 aliphatic heterocycles. The number of hydrogen-bond acceptors (Lipinski definition) is 4. The third kappa shape index (κ3) is 1.77. The third-order valence-corrected chi connectivity index (χ3v) is 3.65. The molecule has 0 aromatic rings. The first-order valence-electron chi connectivity index (χ1n) is 5.63. The molecule has 0 aromatic heterocycles. The SMILES string of the molecule is O=C1C=NC(N[C@H]2CN3CCC2CC3)N1. The number of piperidine rings is 3. The Kier molecular flexibility index (Phi) is 2.21. The van der Waals surface area contributed by atoms with E-state index < -0.39 is 0 Å². The molecule has 0 saturated carbocycles. The topological polar surface area (TPSA) is 56.7 Å². The fourth-order valence-electron chi connectivity index (χ4n) is 2.79. The summed E-state index contributed by atoms with van der Waals surface area (Å²) in [4.78, 5) is 17.5.